The molecule has 3 amide bonds. The molecular formula is C26H26ClN3O4S. The van der Waals surface area contributed by atoms with Crippen LogP contribution in [-0.4, -0.2) is 43.5 Å². The zero-order valence-corrected chi connectivity index (χ0v) is 20.6. The van der Waals surface area contributed by atoms with Crippen LogP contribution in [0.2, 0.25) is 5.02 Å². The summed E-state index contributed by atoms with van der Waals surface area (Å²) >= 11 is 7.78. The molecule has 0 unspecified atom stereocenters. The quantitative estimate of drug-likeness (QED) is 0.450. The van der Waals surface area contributed by atoms with Crippen LogP contribution < -0.4 is 15.5 Å². The van der Waals surface area contributed by atoms with Gasteiger partial charge in [0, 0.05) is 13.2 Å². The number of rotatable bonds is 9. The minimum atomic E-state index is -0.997. The number of nitrogens with zero attached hydrogens (tertiary/aromatic N) is 1. The van der Waals surface area contributed by atoms with E-state index in [0.717, 1.165) is 12.8 Å². The van der Waals surface area contributed by atoms with E-state index in [1.54, 1.807) is 53.9 Å². The van der Waals surface area contributed by atoms with E-state index in [1.807, 2.05) is 18.2 Å². The Balaban J connectivity index is 1.64. The van der Waals surface area contributed by atoms with Gasteiger partial charge in [0.05, 0.1) is 28.2 Å². The fourth-order valence-corrected chi connectivity index (χ4v) is 4.84. The van der Waals surface area contributed by atoms with Gasteiger partial charge < -0.3 is 15.4 Å². The van der Waals surface area contributed by atoms with E-state index in [2.05, 4.69) is 10.6 Å². The molecule has 1 fully saturated rings. The molecular weight excluding hydrogens is 486 g/mol. The first-order valence-electron chi connectivity index (χ1n) is 11.4. The summed E-state index contributed by atoms with van der Waals surface area (Å²) in [6, 6.07) is 18.3. The van der Waals surface area contributed by atoms with E-state index < -0.39 is 11.9 Å². The summed E-state index contributed by atoms with van der Waals surface area (Å²) in [4.78, 5) is 41.5. The normalized spacial score (nSPS) is 15.9. The molecule has 1 aliphatic rings. The Morgan fingerprint density at radius 1 is 1.03 bits per heavy atom. The van der Waals surface area contributed by atoms with Crippen molar-refractivity contribution in [2.45, 2.75) is 25.0 Å². The van der Waals surface area contributed by atoms with Crippen molar-refractivity contribution in [3.8, 4) is 0 Å². The van der Waals surface area contributed by atoms with Gasteiger partial charge in [-0.2, -0.15) is 0 Å². The largest absolute Gasteiger partial charge is 0.376 e. The van der Waals surface area contributed by atoms with E-state index in [-0.39, 0.29) is 24.5 Å². The second kappa shape index (κ2) is 12.0. The highest BCUT2D eigenvalue weighted by molar-refractivity contribution is 7.12. The highest BCUT2D eigenvalue weighted by Crippen LogP contribution is 2.33. The van der Waals surface area contributed by atoms with Crippen molar-refractivity contribution in [1.29, 1.82) is 0 Å². The van der Waals surface area contributed by atoms with E-state index in [1.165, 1.54) is 16.2 Å². The Kier molecular flexibility index (Phi) is 8.52. The number of anilines is 1. The smallest absolute Gasteiger partial charge is 0.261 e. The molecule has 0 aliphatic carbocycles. The molecule has 35 heavy (non-hydrogen) atoms. The van der Waals surface area contributed by atoms with Crippen molar-refractivity contribution in [1.82, 2.24) is 10.6 Å². The summed E-state index contributed by atoms with van der Waals surface area (Å²) < 4.78 is 5.64. The Morgan fingerprint density at radius 3 is 2.49 bits per heavy atom. The standard InChI is InChI=1S/C26H26ClN3O4S/c27-20-11-4-5-12-21(20)30(23(31)17-29-25(32)22-13-7-15-35-22)24(18-8-2-1-3-9-18)26(33)28-16-19-10-6-14-34-19/h1-5,7-9,11-13,15,19,24H,6,10,14,16-17H2,(H,28,33)(H,29,32)/t19-,24-/m0/s1. The number of hydrogen-bond donors (Lipinski definition) is 2. The Morgan fingerprint density at radius 2 is 1.80 bits per heavy atom. The lowest BCUT2D eigenvalue weighted by molar-refractivity contribution is -0.126. The first-order chi connectivity index (χ1) is 17.0. The van der Waals surface area contributed by atoms with Gasteiger partial charge in [-0.15, -0.1) is 11.3 Å². The molecule has 2 aromatic carbocycles. The molecule has 0 bridgehead atoms. The van der Waals surface area contributed by atoms with Crippen molar-refractivity contribution in [3.05, 3.63) is 87.6 Å². The van der Waals surface area contributed by atoms with Gasteiger partial charge in [-0.05, 0) is 42.0 Å². The van der Waals surface area contributed by atoms with Gasteiger partial charge in [-0.25, -0.2) is 0 Å². The lowest BCUT2D eigenvalue weighted by Gasteiger charge is -2.32. The molecule has 2 atom stereocenters. The minimum absolute atomic E-state index is 0.0510. The van der Waals surface area contributed by atoms with Crippen LogP contribution in [0.15, 0.2) is 72.1 Å². The third kappa shape index (κ3) is 6.28. The van der Waals surface area contributed by atoms with Gasteiger partial charge in [-0.3, -0.25) is 19.3 Å². The van der Waals surface area contributed by atoms with Gasteiger partial charge in [0.2, 0.25) is 11.8 Å². The lowest BCUT2D eigenvalue weighted by atomic mass is 10.0. The van der Waals surface area contributed by atoms with E-state index in [0.29, 0.717) is 34.3 Å². The maximum absolute atomic E-state index is 13.6. The first kappa shape index (κ1) is 24.9. The van der Waals surface area contributed by atoms with Crippen molar-refractivity contribution >= 4 is 46.3 Å². The zero-order chi connectivity index (χ0) is 24.6. The minimum Gasteiger partial charge on any atom is -0.376 e. The monoisotopic (exact) mass is 511 g/mol. The van der Waals surface area contributed by atoms with Gasteiger partial charge >= 0.3 is 0 Å². The van der Waals surface area contributed by atoms with E-state index >= 15 is 0 Å². The van der Waals surface area contributed by atoms with E-state index in [9.17, 15) is 14.4 Å². The first-order valence-corrected chi connectivity index (χ1v) is 12.6. The fraction of sp³-hybridized carbons (Fsp3) is 0.269. The number of thiophene rings is 1. The average Bonchev–Trinajstić information content (AvgIpc) is 3.60. The number of amides is 3. The second-order valence-corrected chi connectivity index (χ2v) is 9.42. The molecule has 2 heterocycles. The predicted molar refractivity (Wildman–Crippen MR) is 137 cm³/mol. The molecule has 0 spiro atoms. The summed E-state index contributed by atoms with van der Waals surface area (Å²) in [6.45, 7) is 0.725. The van der Waals surface area contributed by atoms with Gasteiger partial charge in [0.15, 0.2) is 0 Å². The highest BCUT2D eigenvalue weighted by atomic mass is 35.5. The maximum Gasteiger partial charge on any atom is 0.261 e. The third-order valence-electron chi connectivity index (χ3n) is 5.68. The van der Waals surface area contributed by atoms with Crippen LogP contribution in [0, 0.1) is 0 Å². The van der Waals surface area contributed by atoms with Crippen molar-refractivity contribution in [3.63, 3.8) is 0 Å². The molecule has 0 radical (unpaired) electrons. The Labute approximate surface area is 213 Å². The molecule has 3 aromatic rings. The van der Waals surface area contributed by atoms with Gasteiger partial charge in [0.1, 0.15) is 6.04 Å². The summed E-state index contributed by atoms with van der Waals surface area (Å²) in [5, 5.41) is 7.72. The molecule has 182 valence electrons. The van der Waals surface area contributed by atoms with Gasteiger partial charge in [0.25, 0.3) is 5.91 Å². The van der Waals surface area contributed by atoms with Crippen LogP contribution in [0.5, 0.6) is 0 Å². The van der Waals surface area contributed by atoms with Gasteiger partial charge in [-0.1, -0.05) is 60.1 Å². The average molecular weight is 512 g/mol. The Bertz CT molecular complexity index is 1150. The lowest BCUT2D eigenvalue weighted by Crippen LogP contribution is -2.48. The van der Waals surface area contributed by atoms with Crippen LogP contribution in [-0.2, 0) is 14.3 Å². The van der Waals surface area contributed by atoms with Crippen LogP contribution in [0.4, 0.5) is 5.69 Å². The SMILES string of the molecule is O=C(NCC(=O)N(c1ccccc1Cl)[C@H](C(=O)NC[C@@H]1CCCO1)c1ccccc1)c1cccs1. The number of hydrogen-bond acceptors (Lipinski definition) is 5. The molecule has 1 aromatic heterocycles. The maximum atomic E-state index is 13.6. The molecule has 7 nitrogen and oxygen atoms in total. The number of para-hydroxylation sites is 1. The summed E-state index contributed by atoms with van der Waals surface area (Å²) in [5.41, 5.74) is 1.00. The van der Waals surface area contributed by atoms with Crippen LogP contribution in [0.25, 0.3) is 0 Å². The topological polar surface area (TPSA) is 87.7 Å². The third-order valence-corrected chi connectivity index (χ3v) is 6.86. The molecule has 2 N–H and O–H groups in total. The van der Waals surface area contributed by atoms with E-state index in [4.69, 9.17) is 16.3 Å². The number of carbonyl (C=O) groups excluding carboxylic acids is 3. The summed E-state index contributed by atoms with van der Waals surface area (Å²) in [6.07, 6.45) is 1.78. The second-order valence-electron chi connectivity index (χ2n) is 8.07. The van der Waals surface area contributed by atoms with Crippen LogP contribution in [0.1, 0.15) is 34.1 Å². The summed E-state index contributed by atoms with van der Waals surface area (Å²) in [5.74, 6) is -1.18. The van der Waals surface area contributed by atoms with Crippen LogP contribution in [0.3, 0.4) is 0 Å². The zero-order valence-electron chi connectivity index (χ0n) is 19.0. The van der Waals surface area contributed by atoms with Crippen molar-refractivity contribution < 1.29 is 19.1 Å². The van der Waals surface area contributed by atoms with Crippen molar-refractivity contribution in [2.24, 2.45) is 0 Å². The fourth-order valence-electron chi connectivity index (χ4n) is 3.97. The molecule has 9 heteroatoms. The van der Waals surface area contributed by atoms with Crippen molar-refractivity contribution in [2.75, 3.05) is 24.6 Å². The number of halogens is 1. The Hall–Kier alpha value is -3.20. The number of benzene rings is 2. The predicted octanol–water partition coefficient (Wildman–Crippen LogP) is 4.20. The molecule has 0 saturated carbocycles. The molecule has 1 aliphatic heterocycles. The number of carbonyl (C=O) groups is 3. The summed E-state index contributed by atoms with van der Waals surface area (Å²) in [7, 11) is 0. The number of ether oxygens (including phenoxy) is 1. The number of nitrogens with one attached hydrogen (secondary N) is 2. The molecule has 4 rings (SSSR count). The molecule has 1 saturated heterocycles. The van der Waals surface area contributed by atoms with Crippen LogP contribution >= 0.6 is 22.9 Å². The highest BCUT2D eigenvalue weighted by Gasteiger charge is 2.34.